The van der Waals surface area contributed by atoms with Crippen molar-refractivity contribution in [2.45, 2.75) is 12.8 Å². The van der Waals surface area contributed by atoms with Gasteiger partial charge in [-0.25, -0.2) is 9.97 Å². The van der Waals surface area contributed by atoms with E-state index in [0.29, 0.717) is 29.7 Å². The molecule has 1 aliphatic heterocycles. The molecule has 1 aromatic heterocycles. The molecule has 0 spiro atoms. The fraction of sp³-hybridized carbons (Fsp3) is 0.389. The lowest BCUT2D eigenvalue weighted by Crippen LogP contribution is -2.41. The summed E-state index contributed by atoms with van der Waals surface area (Å²) in [7, 11) is 3.16. The summed E-state index contributed by atoms with van der Waals surface area (Å²) in [6.07, 6.45) is 5.20. The van der Waals surface area contributed by atoms with Crippen molar-refractivity contribution in [1.29, 1.82) is 0 Å². The van der Waals surface area contributed by atoms with Gasteiger partial charge in [-0.3, -0.25) is 4.79 Å². The summed E-state index contributed by atoms with van der Waals surface area (Å²) in [6.45, 7) is 1.47. The second-order valence-corrected chi connectivity index (χ2v) is 5.89. The molecule has 0 unspecified atom stereocenters. The van der Waals surface area contributed by atoms with E-state index >= 15 is 0 Å². The summed E-state index contributed by atoms with van der Waals surface area (Å²) in [6, 6.07) is 7.12. The van der Waals surface area contributed by atoms with Gasteiger partial charge in [0.05, 0.1) is 25.8 Å². The number of nitrogens with one attached hydrogen (secondary N) is 1. The largest absolute Gasteiger partial charge is 0.497 e. The maximum atomic E-state index is 12.7. The summed E-state index contributed by atoms with van der Waals surface area (Å²) >= 11 is 0. The Morgan fingerprint density at radius 1 is 1.24 bits per heavy atom. The van der Waals surface area contributed by atoms with Crippen LogP contribution < -0.4 is 19.7 Å². The summed E-state index contributed by atoms with van der Waals surface area (Å²) in [4.78, 5) is 23.3. The van der Waals surface area contributed by atoms with Crippen LogP contribution in [-0.2, 0) is 4.79 Å². The van der Waals surface area contributed by atoms with Gasteiger partial charge < -0.3 is 19.7 Å². The van der Waals surface area contributed by atoms with E-state index in [-0.39, 0.29) is 11.8 Å². The molecular formula is C18H22N4O3. The van der Waals surface area contributed by atoms with Crippen LogP contribution in [0.3, 0.4) is 0 Å². The highest BCUT2D eigenvalue weighted by Gasteiger charge is 2.27. The molecule has 7 nitrogen and oxygen atoms in total. The zero-order valence-corrected chi connectivity index (χ0v) is 14.4. The minimum absolute atomic E-state index is 0.0240. The van der Waals surface area contributed by atoms with Crippen LogP contribution in [0.25, 0.3) is 0 Å². The van der Waals surface area contributed by atoms with E-state index in [0.717, 1.165) is 19.4 Å². The number of rotatable bonds is 5. The Morgan fingerprint density at radius 2 is 2.04 bits per heavy atom. The van der Waals surface area contributed by atoms with Crippen molar-refractivity contribution in [3.05, 3.63) is 36.7 Å². The Kier molecular flexibility index (Phi) is 5.33. The van der Waals surface area contributed by atoms with E-state index in [9.17, 15) is 4.79 Å². The minimum Gasteiger partial charge on any atom is -0.497 e. The maximum absolute atomic E-state index is 12.7. The van der Waals surface area contributed by atoms with Gasteiger partial charge in [0.15, 0.2) is 0 Å². The number of piperidine rings is 1. The van der Waals surface area contributed by atoms with E-state index in [1.165, 1.54) is 0 Å². The predicted molar refractivity (Wildman–Crippen MR) is 95.1 cm³/mol. The molecule has 3 rings (SSSR count). The number of carbonyl (C=O) groups is 1. The van der Waals surface area contributed by atoms with Gasteiger partial charge in [-0.1, -0.05) is 0 Å². The fourth-order valence-corrected chi connectivity index (χ4v) is 2.96. The van der Waals surface area contributed by atoms with E-state index < -0.39 is 0 Å². The zero-order chi connectivity index (χ0) is 17.6. The molecule has 1 N–H and O–H groups in total. The number of hydrogen-bond acceptors (Lipinski definition) is 6. The first-order valence-corrected chi connectivity index (χ1v) is 8.26. The van der Waals surface area contributed by atoms with Crippen LogP contribution in [0.2, 0.25) is 0 Å². The Labute approximate surface area is 147 Å². The quantitative estimate of drug-likeness (QED) is 0.899. The highest BCUT2D eigenvalue weighted by atomic mass is 16.5. The number of carbonyl (C=O) groups excluding carboxylic acids is 1. The normalized spacial score (nSPS) is 17.0. The highest BCUT2D eigenvalue weighted by molar-refractivity contribution is 5.94. The lowest BCUT2D eigenvalue weighted by atomic mass is 9.97. The number of nitrogens with zero attached hydrogens (tertiary/aromatic N) is 3. The van der Waals surface area contributed by atoms with Crippen molar-refractivity contribution in [3.8, 4) is 11.5 Å². The molecule has 7 heteroatoms. The van der Waals surface area contributed by atoms with Crippen molar-refractivity contribution >= 4 is 17.5 Å². The first-order valence-electron chi connectivity index (χ1n) is 8.26. The van der Waals surface area contributed by atoms with Crippen LogP contribution in [0.4, 0.5) is 11.6 Å². The van der Waals surface area contributed by atoms with Crippen molar-refractivity contribution in [1.82, 2.24) is 9.97 Å². The average molecular weight is 342 g/mol. The molecule has 0 saturated carbocycles. The van der Waals surface area contributed by atoms with Gasteiger partial charge in [0.25, 0.3) is 0 Å². The summed E-state index contributed by atoms with van der Waals surface area (Å²) in [5.74, 6) is 1.78. The van der Waals surface area contributed by atoms with Gasteiger partial charge in [-0.05, 0) is 31.0 Å². The number of amides is 1. The Morgan fingerprint density at radius 3 is 2.76 bits per heavy atom. The Hall–Kier alpha value is -2.83. The minimum atomic E-state index is -0.121. The first kappa shape index (κ1) is 17.0. The number of benzene rings is 1. The van der Waals surface area contributed by atoms with E-state index in [1.54, 1.807) is 50.9 Å². The first-order chi connectivity index (χ1) is 12.2. The van der Waals surface area contributed by atoms with Gasteiger partial charge in [0.1, 0.15) is 11.5 Å². The van der Waals surface area contributed by atoms with Crippen LogP contribution in [0.1, 0.15) is 12.8 Å². The van der Waals surface area contributed by atoms with Crippen LogP contribution in [0, 0.1) is 5.92 Å². The number of hydrogen-bond donors (Lipinski definition) is 1. The zero-order valence-electron chi connectivity index (χ0n) is 14.4. The molecule has 0 radical (unpaired) electrons. The standard InChI is InChI=1S/C18H22N4O3/c1-24-14-6-7-15(16(11-14)25-2)21-17(23)13-5-3-10-22(12-13)18-19-8-4-9-20-18/h4,6-9,11,13H,3,5,10,12H2,1-2H3,(H,21,23)/t13-/m0/s1. The van der Waals surface area contributed by atoms with Gasteiger partial charge in [0.2, 0.25) is 11.9 Å². The fourth-order valence-electron chi connectivity index (χ4n) is 2.96. The number of methoxy groups -OCH3 is 2. The average Bonchev–Trinajstić information content (AvgIpc) is 2.69. The molecule has 1 saturated heterocycles. The smallest absolute Gasteiger partial charge is 0.229 e. The van der Waals surface area contributed by atoms with Crippen LogP contribution in [-0.4, -0.2) is 43.2 Å². The van der Waals surface area contributed by atoms with Crippen molar-refractivity contribution in [2.75, 3.05) is 37.5 Å². The van der Waals surface area contributed by atoms with E-state index in [1.807, 2.05) is 0 Å². The van der Waals surface area contributed by atoms with Crippen LogP contribution in [0.15, 0.2) is 36.7 Å². The Bertz CT molecular complexity index is 724. The lowest BCUT2D eigenvalue weighted by molar-refractivity contribution is -0.120. The molecule has 25 heavy (non-hydrogen) atoms. The molecule has 2 heterocycles. The molecule has 1 fully saturated rings. The molecule has 0 bridgehead atoms. The molecule has 1 atom stereocenters. The van der Waals surface area contributed by atoms with Crippen molar-refractivity contribution in [2.24, 2.45) is 5.92 Å². The van der Waals surface area contributed by atoms with E-state index in [4.69, 9.17) is 9.47 Å². The van der Waals surface area contributed by atoms with Crippen LogP contribution >= 0.6 is 0 Å². The van der Waals surface area contributed by atoms with Gasteiger partial charge in [0, 0.05) is 31.5 Å². The monoisotopic (exact) mass is 342 g/mol. The highest BCUT2D eigenvalue weighted by Crippen LogP contribution is 2.30. The van der Waals surface area contributed by atoms with Gasteiger partial charge >= 0.3 is 0 Å². The third kappa shape index (κ3) is 3.99. The van der Waals surface area contributed by atoms with Gasteiger partial charge in [-0.15, -0.1) is 0 Å². The lowest BCUT2D eigenvalue weighted by Gasteiger charge is -2.32. The summed E-state index contributed by atoms with van der Waals surface area (Å²) in [5.41, 5.74) is 0.640. The van der Waals surface area contributed by atoms with Gasteiger partial charge in [-0.2, -0.15) is 0 Å². The molecule has 0 aliphatic carbocycles. The molecule has 2 aromatic rings. The second kappa shape index (κ2) is 7.83. The third-order valence-corrected chi connectivity index (χ3v) is 4.29. The Balaban J connectivity index is 1.69. The molecule has 1 aliphatic rings. The van der Waals surface area contributed by atoms with Crippen molar-refractivity contribution < 1.29 is 14.3 Å². The topological polar surface area (TPSA) is 76.6 Å². The second-order valence-electron chi connectivity index (χ2n) is 5.89. The third-order valence-electron chi connectivity index (χ3n) is 4.29. The predicted octanol–water partition coefficient (Wildman–Crippen LogP) is 2.35. The van der Waals surface area contributed by atoms with Crippen molar-refractivity contribution in [3.63, 3.8) is 0 Å². The number of anilines is 2. The van der Waals surface area contributed by atoms with Crippen LogP contribution in [0.5, 0.6) is 11.5 Å². The summed E-state index contributed by atoms with van der Waals surface area (Å²) in [5, 5.41) is 2.97. The maximum Gasteiger partial charge on any atom is 0.229 e. The number of aromatic nitrogens is 2. The molecule has 132 valence electrons. The molecule has 1 aromatic carbocycles. The SMILES string of the molecule is COc1ccc(NC(=O)[C@H]2CCCN(c3ncccn3)C2)c(OC)c1. The molecular weight excluding hydrogens is 320 g/mol. The summed E-state index contributed by atoms with van der Waals surface area (Å²) < 4.78 is 10.5. The molecule has 1 amide bonds. The number of ether oxygens (including phenoxy) is 2. The van der Waals surface area contributed by atoms with E-state index in [2.05, 4.69) is 20.2 Å².